The summed E-state index contributed by atoms with van der Waals surface area (Å²) in [6, 6.07) is 0. The predicted octanol–water partition coefficient (Wildman–Crippen LogP) is 3.61. The summed E-state index contributed by atoms with van der Waals surface area (Å²) in [4.78, 5) is 0. The molecule has 0 unspecified atom stereocenters. The van der Waals surface area contributed by atoms with Gasteiger partial charge in [0.15, 0.2) is 0 Å². The van der Waals surface area contributed by atoms with E-state index >= 15 is 0 Å². The molecule has 0 aromatic rings. The van der Waals surface area contributed by atoms with Crippen LogP contribution in [0.4, 0.5) is 0 Å². The third kappa shape index (κ3) is 9.73. The maximum absolute atomic E-state index is 3.15. The standard InChI is InChI=1S/C10H20Si2/c1-11(2,3)9-7-8-10-12(4,5)6/h9-10H,1-6H3. The maximum Gasteiger partial charge on any atom is 0.0790 e. The minimum atomic E-state index is -1.06. The van der Waals surface area contributed by atoms with Gasteiger partial charge in [-0.15, -0.1) is 0 Å². The summed E-state index contributed by atoms with van der Waals surface area (Å²) in [5, 5.41) is 0. The van der Waals surface area contributed by atoms with Gasteiger partial charge in [-0.1, -0.05) is 50.7 Å². The Kier molecular flexibility index (Phi) is 4.02. The molecular formula is C10H20Si2. The topological polar surface area (TPSA) is 0 Å². The van der Waals surface area contributed by atoms with E-state index in [0.29, 0.717) is 0 Å². The summed E-state index contributed by atoms with van der Waals surface area (Å²) in [5.74, 6) is 0. The highest BCUT2D eigenvalue weighted by Gasteiger charge is 2.07. The van der Waals surface area contributed by atoms with Gasteiger partial charge in [-0.2, -0.15) is 0 Å². The summed E-state index contributed by atoms with van der Waals surface area (Å²) in [7, 11) is -2.11. The highest BCUT2D eigenvalue weighted by atomic mass is 28.3. The predicted molar refractivity (Wildman–Crippen MR) is 62.9 cm³/mol. The fraction of sp³-hybridized carbons (Fsp3) is 0.600. The van der Waals surface area contributed by atoms with Gasteiger partial charge in [0, 0.05) is 0 Å². The zero-order valence-electron chi connectivity index (χ0n) is 9.15. The molecule has 0 rings (SSSR count). The first-order valence-corrected chi connectivity index (χ1v) is 11.6. The van der Waals surface area contributed by atoms with Gasteiger partial charge in [-0.3, -0.25) is 0 Å². The first-order valence-electron chi connectivity index (χ1n) is 4.40. The largest absolute Gasteiger partial charge is 0.0798 e. The van der Waals surface area contributed by atoms with Crippen molar-refractivity contribution in [1.29, 1.82) is 0 Å². The molecule has 0 bridgehead atoms. The molecule has 68 valence electrons. The molecule has 0 aromatic carbocycles. The van der Waals surface area contributed by atoms with E-state index in [0.717, 1.165) is 0 Å². The van der Waals surface area contributed by atoms with Crippen LogP contribution in [0.3, 0.4) is 0 Å². The lowest BCUT2D eigenvalue weighted by molar-refractivity contribution is 1.76. The molecule has 0 fully saturated rings. The SMILES string of the molecule is C[Si](C)(C)C=C=C=C[Si](C)(C)C. The zero-order valence-corrected chi connectivity index (χ0v) is 11.2. The smallest absolute Gasteiger partial charge is 0.0790 e. The van der Waals surface area contributed by atoms with Gasteiger partial charge in [-0.25, -0.2) is 0 Å². The first kappa shape index (κ1) is 11.7. The molecule has 0 spiro atoms. The second-order valence-corrected chi connectivity index (χ2v) is 15.4. The quantitative estimate of drug-likeness (QED) is 0.467. The fourth-order valence-electron chi connectivity index (χ4n) is 0.516. The lowest BCUT2D eigenvalue weighted by Crippen LogP contribution is -2.15. The van der Waals surface area contributed by atoms with Crippen LogP contribution in [-0.4, -0.2) is 16.1 Å². The highest BCUT2D eigenvalue weighted by Crippen LogP contribution is 2.01. The van der Waals surface area contributed by atoms with Gasteiger partial charge in [0.2, 0.25) is 0 Å². The minimum absolute atomic E-state index is 1.06. The fourth-order valence-corrected chi connectivity index (χ4v) is 1.55. The second kappa shape index (κ2) is 4.11. The van der Waals surface area contributed by atoms with Crippen LogP contribution in [0.15, 0.2) is 22.9 Å². The Morgan fingerprint density at radius 3 is 1.08 bits per heavy atom. The van der Waals surface area contributed by atoms with Crippen molar-refractivity contribution in [2.75, 3.05) is 0 Å². The number of hydrogen-bond acceptors (Lipinski definition) is 0. The molecule has 12 heavy (non-hydrogen) atoms. The van der Waals surface area contributed by atoms with Gasteiger partial charge in [0.1, 0.15) is 0 Å². The summed E-state index contributed by atoms with van der Waals surface area (Å²) >= 11 is 0. The molecule has 0 atom stereocenters. The van der Waals surface area contributed by atoms with Crippen molar-refractivity contribution in [1.82, 2.24) is 0 Å². The van der Waals surface area contributed by atoms with E-state index in [-0.39, 0.29) is 0 Å². The third-order valence-electron chi connectivity index (χ3n) is 1.09. The Balaban J connectivity index is 4.45. The van der Waals surface area contributed by atoms with E-state index in [9.17, 15) is 0 Å². The number of hydrogen-bond donors (Lipinski definition) is 0. The van der Waals surface area contributed by atoms with E-state index in [2.05, 4.69) is 62.1 Å². The Labute approximate surface area is 78.7 Å². The Morgan fingerprint density at radius 2 is 0.917 bits per heavy atom. The summed E-state index contributed by atoms with van der Waals surface area (Å²) in [5.41, 5.74) is 10.7. The van der Waals surface area contributed by atoms with Crippen LogP contribution in [0.25, 0.3) is 0 Å². The summed E-state index contributed by atoms with van der Waals surface area (Å²) in [6.45, 7) is 13.8. The van der Waals surface area contributed by atoms with E-state index in [4.69, 9.17) is 0 Å². The van der Waals surface area contributed by atoms with Crippen molar-refractivity contribution in [3.05, 3.63) is 22.9 Å². The van der Waals surface area contributed by atoms with Crippen LogP contribution in [0, 0.1) is 0 Å². The summed E-state index contributed by atoms with van der Waals surface area (Å²) in [6.07, 6.45) is 0. The van der Waals surface area contributed by atoms with Crippen molar-refractivity contribution in [2.24, 2.45) is 0 Å². The average Bonchev–Trinajstić information content (AvgIpc) is 1.76. The molecule has 0 amide bonds. The van der Waals surface area contributed by atoms with Crippen molar-refractivity contribution in [2.45, 2.75) is 39.3 Å². The molecule has 0 N–H and O–H groups in total. The van der Waals surface area contributed by atoms with Crippen LogP contribution in [0.5, 0.6) is 0 Å². The third-order valence-corrected chi connectivity index (χ3v) is 3.11. The molecule has 0 aliphatic rings. The lowest BCUT2D eigenvalue weighted by Gasteiger charge is -2.05. The van der Waals surface area contributed by atoms with Crippen LogP contribution in [0.2, 0.25) is 39.3 Å². The normalized spacial score (nSPS) is 11.5. The van der Waals surface area contributed by atoms with Crippen molar-refractivity contribution in [3.63, 3.8) is 0 Å². The summed E-state index contributed by atoms with van der Waals surface area (Å²) < 4.78 is 0. The van der Waals surface area contributed by atoms with Gasteiger partial charge < -0.3 is 0 Å². The van der Waals surface area contributed by atoms with E-state index in [1.165, 1.54) is 0 Å². The van der Waals surface area contributed by atoms with E-state index in [1.54, 1.807) is 0 Å². The van der Waals surface area contributed by atoms with Crippen LogP contribution in [-0.2, 0) is 0 Å². The molecule has 0 aliphatic carbocycles. The van der Waals surface area contributed by atoms with Gasteiger partial charge >= 0.3 is 0 Å². The van der Waals surface area contributed by atoms with E-state index < -0.39 is 16.1 Å². The molecule has 0 radical (unpaired) electrons. The van der Waals surface area contributed by atoms with E-state index in [1.807, 2.05) is 0 Å². The molecule has 0 heterocycles. The van der Waals surface area contributed by atoms with Crippen LogP contribution >= 0.6 is 0 Å². The van der Waals surface area contributed by atoms with Crippen molar-refractivity contribution < 1.29 is 0 Å². The zero-order chi connectivity index (χ0) is 9.83. The van der Waals surface area contributed by atoms with Gasteiger partial charge in [-0.05, 0) is 11.4 Å². The molecule has 0 aliphatic heterocycles. The molecule has 0 aromatic heterocycles. The van der Waals surface area contributed by atoms with Crippen LogP contribution < -0.4 is 0 Å². The Hall–Kier alpha value is -0.266. The van der Waals surface area contributed by atoms with Gasteiger partial charge in [0.25, 0.3) is 0 Å². The maximum atomic E-state index is 3.15. The van der Waals surface area contributed by atoms with Crippen LogP contribution in [0.1, 0.15) is 0 Å². The monoisotopic (exact) mass is 196 g/mol. The minimum Gasteiger partial charge on any atom is -0.0798 e. The number of rotatable bonds is 2. The van der Waals surface area contributed by atoms with Crippen molar-refractivity contribution in [3.8, 4) is 0 Å². The van der Waals surface area contributed by atoms with Crippen molar-refractivity contribution >= 4 is 16.1 Å². The molecule has 0 nitrogen and oxygen atoms in total. The highest BCUT2D eigenvalue weighted by molar-refractivity contribution is 6.81. The Morgan fingerprint density at radius 1 is 0.667 bits per heavy atom. The first-order chi connectivity index (χ1) is 5.21. The Bertz CT molecular complexity index is 200. The molecular weight excluding hydrogens is 176 g/mol. The molecule has 0 saturated heterocycles. The molecule has 0 saturated carbocycles. The second-order valence-electron chi connectivity index (χ2n) is 5.31. The van der Waals surface area contributed by atoms with Gasteiger partial charge in [0.05, 0.1) is 16.1 Å². The molecule has 2 heteroatoms. The average molecular weight is 196 g/mol. The lowest BCUT2D eigenvalue weighted by atomic mass is 10.8.